The van der Waals surface area contributed by atoms with E-state index in [4.69, 9.17) is 0 Å². The van der Waals surface area contributed by atoms with Gasteiger partial charge in [-0.15, -0.1) is 0 Å². The zero-order valence-corrected chi connectivity index (χ0v) is 19.2. The molecule has 1 amide bonds. The summed E-state index contributed by atoms with van der Waals surface area (Å²) in [5, 5.41) is 2.67. The Hall–Kier alpha value is -2.27. The summed E-state index contributed by atoms with van der Waals surface area (Å²) in [4.78, 5) is 12.8. The third-order valence-corrected chi connectivity index (χ3v) is 8.69. The molecule has 0 aromatic heterocycles. The van der Waals surface area contributed by atoms with Gasteiger partial charge in [0.15, 0.2) is 0 Å². The van der Waals surface area contributed by atoms with E-state index in [1.807, 2.05) is 6.92 Å². The van der Waals surface area contributed by atoms with Gasteiger partial charge in [-0.05, 0) is 68.7 Å². The number of hydrogen-bond acceptors (Lipinski definition) is 5. The molecule has 10 heteroatoms. The van der Waals surface area contributed by atoms with E-state index in [1.54, 1.807) is 6.92 Å². The van der Waals surface area contributed by atoms with Gasteiger partial charge in [0.2, 0.25) is 20.0 Å². The number of benzene rings is 2. The molecule has 2 N–H and O–H groups in total. The summed E-state index contributed by atoms with van der Waals surface area (Å²) in [5.41, 5.74) is 0.607. The van der Waals surface area contributed by atoms with E-state index in [2.05, 4.69) is 10.0 Å². The zero-order chi connectivity index (χ0) is 22.6. The van der Waals surface area contributed by atoms with Crippen LogP contribution in [0, 0.1) is 0 Å². The van der Waals surface area contributed by atoms with Gasteiger partial charge in [0, 0.05) is 30.4 Å². The Morgan fingerprint density at radius 3 is 2.26 bits per heavy atom. The van der Waals surface area contributed by atoms with Gasteiger partial charge in [-0.3, -0.25) is 4.79 Å². The molecule has 31 heavy (non-hydrogen) atoms. The molecule has 0 bridgehead atoms. The van der Waals surface area contributed by atoms with Crippen molar-refractivity contribution in [3.8, 4) is 0 Å². The first-order valence-electron chi connectivity index (χ1n) is 10.2. The van der Waals surface area contributed by atoms with E-state index in [0.29, 0.717) is 25.2 Å². The first-order valence-corrected chi connectivity index (χ1v) is 13.1. The van der Waals surface area contributed by atoms with E-state index in [9.17, 15) is 21.6 Å². The Morgan fingerprint density at radius 1 is 1.00 bits per heavy atom. The predicted octanol–water partition coefficient (Wildman–Crippen LogP) is 2.80. The first-order chi connectivity index (χ1) is 14.6. The minimum Gasteiger partial charge on any atom is -0.322 e. The molecule has 1 atom stereocenters. The van der Waals surface area contributed by atoms with Crippen molar-refractivity contribution in [2.45, 2.75) is 48.9 Å². The monoisotopic (exact) mass is 465 g/mol. The highest BCUT2D eigenvalue weighted by Crippen LogP contribution is 2.22. The van der Waals surface area contributed by atoms with Crippen LogP contribution in [0.5, 0.6) is 0 Å². The lowest BCUT2D eigenvalue weighted by molar-refractivity contribution is 0.102. The van der Waals surface area contributed by atoms with Crippen molar-refractivity contribution < 1.29 is 21.6 Å². The highest BCUT2D eigenvalue weighted by molar-refractivity contribution is 7.89. The van der Waals surface area contributed by atoms with Gasteiger partial charge in [-0.1, -0.05) is 13.0 Å². The van der Waals surface area contributed by atoms with Gasteiger partial charge in [-0.25, -0.2) is 21.6 Å². The summed E-state index contributed by atoms with van der Waals surface area (Å²) in [5.74, 6) is -0.480. The second-order valence-electron chi connectivity index (χ2n) is 7.55. The maximum Gasteiger partial charge on any atom is 0.255 e. The second kappa shape index (κ2) is 9.47. The lowest BCUT2D eigenvalue weighted by Crippen LogP contribution is -2.31. The quantitative estimate of drug-likeness (QED) is 0.622. The van der Waals surface area contributed by atoms with Crippen molar-refractivity contribution in [2.75, 3.05) is 18.4 Å². The van der Waals surface area contributed by atoms with Crippen molar-refractivity contribution in [1.82, 2.24) is 9.03 Å². The number of sulfonamides is 2. The molecule has 0 spiro atoms. The molecule has 2 aromatic rings. The Balaban J connectivity index is 1.73. The highest BCUT2D eigenvalue weighted by atomic mass is 32.2. The second-order valence-corrected chi connectivity index (χ2v) is 11.2. The summed E-state index contributed by atoms with van der Waals surface area (Å²) >= 11 is 0. The van der Waals surface area contributed by atoms with Crippen LogP contribution >= 0.6 is 0 Å². The van der Waals surface area contributed by atoms with Gasteiger partial charge in [0.1, 0.15) is 0 Å². The lowest BCUT2D eigenvalue weighted by atomic mass is 10.2. The maximum atomic E-state index is 12.7. The number of carbonyl (C=O) groups excluding carboxylic acids is 1. The smallest absolute Gasteiger partial charge is 0.255 e. The van der Waals surface area contributed by atoms with Gasteiger partial charge in [0.05, 0.1) is 9.79 Å². The van der Waals surface area contributed by atoms with E-state index in [1.165, 1.54) is 52.8 Å². The minimum absolute atomic E-state index is 0.0830. The number of anilines is 1. The number of rotatable bonds is 8. The summed E-state index contributed by atoms with van der Waals surface area (Å²) in [7, 11) is -7.26. The van der Waals surface area contributed by atoms with Crippen LogP contribution in [-0.4, -0.2) is 46.2 Å². The molecule has 168 valence electrons. The van der Waals surface area contributed by atoms with Crippen LogP contribution in [0.25, 0.3) is 0 Å². The summed E-state index contributed by atoms with van der Waals surface area (Å²) in [6.07, 6.45) is 2.33. The van der Waals surface area contributed by atoms with Crippen molar-refractivity contribution in [3.05, 3.63) is 54.1 Å². The third-order valence-electron chi connectivity index (χ3n) is 5.19. The van der Waals surface area contributed by atoms with E-state index >= 15 is 0 Å². The van der Waals surface area contributed by atoms with Crippen LogP contribution in [0.4, 0.5) is 5.69 Å². The van der Waals surface area contributed by atoms with E-state index in [-0.39, 0.29) is 21.4 Å². The molecule has 0 aliphatic carbocycles. The highest BCUT2D eigenvalue weighted by Gasteiger charge is 2.27. The number of amides is 1. The van der Waals surface area contributed by atoms with Crippen molar-refractivity contribution in [3.63, 3.8) is 0 Å². The fourth-order valence-corrected chi connectivity index (χ4v) is 6.10. The van der Waals surface area contributed by atoms with Gasteiger partial charge < -0.3 is 5.32 Å². The molecule has 1 unspecified atom stereocenters. The Morgan fingerprint density at radius 2 is 1.65 bits per heavy atom. The fourth-order valence-electron chi connectivity index (χ4n) is 3.21. The topological polar surface area (TPSA) is 113 Å². The molecule has 1 saturated heterocycles. The van der Waals surface area contributed by atoms with Gasteiger partial charge >= 0.3 is 0 Å². The Labute approximate surface area is 183 Å². The molecular formula is C21H27N3O5S2. The fraction of sp³-hybridized carbons (Fsp3) is 0.381. The number of nitrogens with zero attached hydrogens (tertiary/aromatic N) is 1. The third kappa shape index (κ3) is 5.51. The SMILES string of the molecule is CCC(C)NS(=O)(=O)c1ccc(NC(=O)c2cccc(S(=O)(=O)N3CCCC3)c2)cc1. The number of hydrogen-bond donors (Lipinski definition) is 2. The van der Waals surface area contributed by atoms with Crippen LogP contribution in [0.2, 0.25) is 0 Å². The average Bonchev–Trinajstić information content (AvgIpc) is 3.30. The van der Waals surface area contributed by atoms with Crippen LogP contribution in [-0.2, 0) is 20.0 Å². The molecule has 1 aliphatic heterocycles. The average molecular weight is 466 g/mol. The van der Waals surface area contributed by atoms with E-state index < -0.39 is 26.0 Å². The molecule has 8 nitrogen and oxygen atoms in total. The molecular weight excluding hydrogens is 438 g/mol. The van der Waals surface area contributed by atoms with Gasteiger partial charge in [-0.2, -0.15) is 4.31 Å². The normalized spacial score (nSPS) is 16.2. The summed E-state index contributed by atoms with van der Waals surface area (Å²) in [6, 6.07) is 11.5. The first kappa shape index (κ1) is 23.4. The largest absolute Gasteiger partial charge is 0.322 e. The van der Waals surface area contributed by atoms with Gasteiger partial charge in [0.25, 0.3) is 5.91 Å². The zero-order valence-electron chi connectivity index (χ0n) is 17.5. The number of nitrogens with one attached hydrogen (secondary N) is 2. The van der Waals surface area contributed by atoms with Crippen LogP contribution in [0.15, 0.2) is 58.3 Å². The van der Waals surface area contributed by atoms with Crippen molar-refractivity contribution >= 4 is 31.6 Å². The summed E-state index contributed by atoms with van der Waals surface area (Å²) in [6.45, 7) is 4.64. The standard InChI is InChI=1S/C21H27N3O5S2/c1-3-16(2)23-30(26,27)19-11-9-18(10-12-19)22-21(25)17-7-6-8-20(15-17)31(28,29)24-13-4-5-14-24/h6-12,15-16,23H,3-5,13-14H2,1-2H3,(H,22,25). The van der Waals surface area contributed by atoms with Crippen molar-refractivity contribution in [2.24, 2.45) is 0 Å². The van der Waals surface area contributed by atoms with E-state index in [0.717, 1.165) is 12.8 Å². The Bertz CT molecular complexity index is 1140. The number of carbonyl (C=O) groups is 1. The molecule has 0 radical (unpaired) electrons. The van der Waals surface area contributed by atoms with Crippen LogP contribution in [0.1, 0.15) is 43.5 Å². The molecule has 0 saturated carbocycles. The molecule has 1 fully saturated rings. The minimum atomic E-state index is -3.63. The summed E-state index contributed by atoms with van der Waals surface area (Å²) < 4.78 is 54.1. The molecule has 3 rings (SSSR count). The lowest BCUT2D eigenvalue weighted by Gasteiger charge is -2.16. The Kier molecular flexibility index (Phi) is 7.15. The molecule has 1 heterocycles. The maximum absolute atomic E-state index is 12.7. The van der Waals surface area contributed by atoms with Crippen LogP contribution in [0.3, 0.4) is 0 Å². The van der Waals surface area contributed by atoms with Crippen molar-refractivity contribution in [1.29, 1.82) is 0 Å². The molecule has 2 aromatic carbocycles. The predicted molar refractivity (Wildman–Crippen MR) is 119 cm³/mol. The molecule has 1 aliphatic rings. The van der Waals surface area contributed by atoms with Crippen LogP contribution < -0.4 is 10.0 Å².